The summed E-state index contributed by atoms with van der Waals surface area (Å²) >= 11 is 2.28. The number of sulfone groups is 1. The Morgan fingerprint density at radius 1 is 1.05 bits per heavy atom. The number of benzene rings is 2. The predicted molar refractivity (Wildman–Crippen MR) is 95.4 cm³/mol. The molecule has 0 amide bonds. The van der Waals surface area contributed by atoms with Gasteiger partial charge in [0.25, 0.3) is 0 Å². The Hall–Kier alpha value is -1.08. The summed E-state index contributed by atoms with van der Waals surface area (Å²) in [5.74, 6) is 0.124. The van der Waals surface area contributed by atoms with Crippen LogP contribution in [0.3, 0.4) is 0 Å². The van der Waals surface area contributed by atoms with Crippen molar-refractivity contribution in [3.05, 3.63) is 57.7 Å². The topological polar surface area (TPSA) is 46.2 Å². The van der Waals surface area contributed by atoms with Crippen LogP contribution in [0.1, 0.15) is 25.5 Å². The number of rotatable bonds is 5. The number of nitrogens with one attached hydrogen (secondary N) is 1. The van der Waals surface area contributed by atoms with Crippen molar-refractivity contribution in [2.24, 2.45) is 0 Å². The van der Waals surface area contributed by atoms with Crippen molar-refractivity contribution in [1.82, 2.24) is 0 Å². The molecule has 0 aliphatic rings. The first-order valence-corrected chi connectivity index (χ1v) is 9.50. The molecule has 0 heterocycles. The van der Waals surface area contributed by atoms with Crippen molar-refractivity contribution in [1.29, 1.82) is 0 Å². The standard InChI is InChI=1S/C16H18INO2S/c1-3-21(19,20)16-10-8-15(9-11-16)18-12(2)13-4-6-14(17)7-5-13/h4-12,18H,3H2,1-2H3. The van der Waals surface area contributed by atoms with Gasteiger partial charge in [-0.2, -0.15) is 0 Å². The minimum absolute atomic E-state index is 0.124. The molecule has 112 valence electrons. The average molecular weight is 415 g/mol. The number of hydrogen-bond donors (Lipinski definition) is 1. The molecule has 0 aliphatic carbocycles. The van der Waals surface area contributed by atoms with E-state index in [2.05, 4.69) is 59.1 Å². The van der Waals surface area contributed by atoms with Crippen molar-refractivity contribution in [2.45, 2.75) is 24.8 Å². The highest BCUT2D eigenvalue weighted by molar-refractivity contribution is 14.1. The lowest BCUT2D eigenvalue weighted by molar-refractivity contribution is 0.597. The molecule has 0 spiro atoms. The van der Waals surface area contributed by atoms with Gasteiger partial charge in [-0.3, -0.25) is 0 Å². The van der Waals surface area contributed by atoms with E-state index in [-0.39, 0.29) is 11.8 Å². The Morgan fingerprint density at radius 3 is 2.14 bits per heavy atom. The van der Waals surface area contributed by atoms with E-state index in [0.29, 0.717) is 4.90 Å². The monoisotopic (exact) mass is 415 g/mol. The minimum Gasteiger partial charge on any atom is -0.379 e. The summed E-state index contributed by atoms with van der Waals surface area (Å²) < 4.78 is 24.7. The first-order valence-electron chi connectivity index (χ1n) is 6.77. The smallest absolute Gasteiger partial charge is 0.178 e. The maximum atomic E-state index is 11.8. The van der Waals surface area contributed by atoms with E-state index in [1.165, 1.54) is 9.13 Å². The summed E-state index contributed by atoms with van der Waals surface area (Å²) in [6.45, 7) is 3.74. The van der Waals surface area contributed by atoms with Crippen LogP contribution in [0.15, 0.2) is 53.4 Å². The van der Waals surface area contributed by atoms with E-state index in [0.717, 1.165) is 5.69 Å². The summed E-state index contributed by atoms with van der Waals surface area (Å²) in [5.41, 5.74) is 2.11. The van der Waals surface area contributed by atoms with Crippen molar-refractivity contribution in [3.63, 3.8) is 0 Å². The third kappa shape index (κ3) is 4.20. The van der Waals surface area contributed by atoms with Gasteiger partial charge < -0.3 is 5.32 Å². The molecule has 21 heavy (non-hydrogen) atoms. The second kappa shape index (κ2) is 6.79. The first kappa shape index (κ1) is 16.3. The molecule has 1 atom stereocenters. The van der Waals surface area contributed by atoms with Gasteiger partial charge in [0.15, 0.2) is 9.84 Å². The Bertz CT molecular complexity index is 694. The summed E-state index contributed by atoms with van der Waals surface area (Å²) in [4.78, 5) is 0.373. The fourth-order valence-corrected chi connectivity index (χ4v) is 3.25. The quantitative estimate of drug-likeness (QED) is 0.743. The molecule has 3 nitrogen and oxygen atoms in total. The van der Waals surface area contributed by atoms with Gasteiger partial charge >= 0.3 is 0 Å². The van der Waals surface area contributed by atoms with Crippen molar-refractivity contribution in [2.75, 3.05) is 11.1 Å². The molecule has 2 aromatic rings. The molecule has 0 radical (unpaired) electrons. The normalized spacial score (nSPS) is 12.9. The van der Waals surface area contributed by atoms with Crippen LogP contribution in [0, 0.1) is 3.57 Å². The Balaban J connectivity index is 2.11. The highest BCUT2D eigenvalue weighted by Gasteiger charge is 2.11. The summed E-state index contributed by atoms with van der Waals surface area (Å²) in [6.07, 6.45) is 0. The summed E-state index contributed by atoms with van der Waals surface area (Å²) in [5, 5.41) is 3.38. The molecule has 0 aliphatic heterocycles. The van der Waals surface area contributed by atoms with E-state index in [9.17, 15) is 8.42 Å². The van der Waals surface area contributed by atoms with Gasteiger partial charge in [-0.05, 0) is 71.5 Å². The highest BCUT2D eigenvalue weighted by Crippen LogP contribution is 2.21. The largest absolute Gasteiger partial charge is 0.379 e. The van der Waals surface area contributed by atoms with Gasteiger partial charge in [-0.1, -0.05) is 19.1 Å². The van der Waals surface area contributed by atoms with Crippen LogP contribution < -0.4 is 5.32 Å². The Kier molecular flexibility index (Phi) is 5.27. The minimum atomic E-state index is -3.13. The van der Waals surface area contributed by atoms with Crippen molar-refractivity contribution < 1.29 is 8.42 Å². The van der Waals surface area contributed by atoms with Crippen LogP contribution in [0.2, 0.25) is 0 Å². The van der Waals surface area contributed by atoms with Crippen LogP contribution >= 0.6 is 22.6 Å². The fourth-order valence-electron chi connectivity index (χ4n) is 2.01. The maximum absolute atomic E-state index is 11.8. The summed E-state index contributed by atoms with van der Waals surface area (Å²) in [6, 6.07) is 15.4. The van der Waals surface area contributed by atoms with Gasteiger partial charge in [0.2, 0.25) is 0 Å². The lowest BCUT2D eigenvalue weighted by Gasteiger charge is -2.16. The van der Waals surface area contributed by atoms with E-state index >= 15 is 0 Å². The lowest BCUT2D eigenvalue weighted by atomic mass is 10.1. The molecule has 0 saturated carbocycles. The van der Waals surface area contributed by atoms with E-state index in [4.69, 9.17) is 0 Å². The van der Waals surface area contributed by atoms with Crippen LogP contribution in [0.25, 0.3) is 0 Å². The molecule has 5 heteroatoms. The molecular formula is C16H18INO2S. The predicted octanol–water partition coefficient (Wildman–Crippen LogP) is 4.26. The van der Waals surface area contributed by atoms with Gasteiger partial charge in [0.05, 0.1) is 10.6 Å². The van der Waals surface area contributed by atoms with Gasteiger partial charge in [-0.15, -0.1) is 0 Å². The molecular weight excluding hydrogens is 397 g/mol. The lowest BCUT2D eigenvalue weighted by Crippen LogP contribution is -2.07. The zero-order valence-corrected chi connectivity index (χ0v) is 15.0. The van der Waals surface area contributed by atoms with E-state index in [1.807, 2.05) is 12.1 Å². The van der Waals surface area contributed by atoms with E-state index in [1.54, 1.807) is 19.1 Å². The second-order valence-electron chi connectivity index (χ2n) is 4.85. The second-order valence-corrected chi connectivity index (χ2v) is 8.37. The number of hydrogen-bond acceptors (Lipinski definition) is 3. The zero-order chi connectivity index (χ0) is 15.5. The van der Waals surface area contributed by atoms with Gasteiger partial charge in [0, 0.05) is 15.3 Å². The number of halogens is 1. The molecule has 1 unspecified atom stereocenters. The maximum Gasteiger partial charge on any atom is 0.178 e. The van der Waals surface area contributed by atoms with E-state index < -0.39 is 9.84 Å². The van der Waals surface area contributed by atoms with Crippen LogP contribution in [0.4, 0.5) is 5.69 Å². The third-order valence-corrected chi connectivity index (χ3v) is 5.82. The van der Waals surface area contributed by atoms with Gasteiger partial charge in [0.1, 0.15) is 0 Å². The summed E-state index contributed by atoms with van der Waals surface area (Å²) in [7, 11) is -3.13. The molecule has 0 fully saturated rings. The molecule has 2 aromatic carbocycles. The van der Waals surface area contributed by atoms with Crippen LogP contribution in [-0.4, -0.2) is 14.2 Å². The Morgan fingerprint density at radius 2 is 1.62 bits per heavy atom. The van der Waals surface area contributed by atoms with Gasteiger partial charge in [-0.25, -0.2) is 8.42 Å². The van der Waals surface area contributed by atoms with Crippen LogP contribution in [0.5, 0.6) is 0 Å². The Labute approximate surface area is 139 Å². The van der Waals surface area contributed by atoms with Crippen molar-refractivity contribution >= 4 is 38.1 Å². The average Bonchev–Trinajstić information content (AvgIpc) is 2.48. The fraction of sp³-hybridized carbons (Fsp3) is 0.250. The highest BCUT2D eigenvalue weighted by atomic mass is 127. The zero-order valence-electron chi connectivity index (χ0n) is 12.0. The third-order valence-electron chi connectivity index (χ3n) is 3.35. The first-order chi connectivity index (χ1) is 9.92. The molecule has 0 saturated heterocycles. The molecule has 1 N–H and O–H groups in total. The molecule has 0 aromatic heterocycles. The number of anilines is 1. The molecule has 0 bridgehead atoms. The molecule has 2 rings (SSSR count). The van der Waals surface area contributed by atoms with Crippen LogP contribution in [-0.2, 0) is 9.84 Å². The SMILES string of the molecule is CCS(=O)(=O)c1ccc(NC(C)c2ccc(I)cc2)cc1. The van der Waals surface area contributed by atoms with Crippen molar-refractivity contribution in [3.8, 4) is 0 Å².